The van der Waals surface area contributed by atoms with Crippen LogP contribution in [0.3, 0.4) is 0 Å². The lowest BCUT2D eigenvalue weighted by Crippen LogP contribution is -2.44. The van der Waals surface area contributed by atoms with E-state index >= 15 is 0 Å². The van der Waals surface area contributed by atoms with E-state index in [2.05, 4.69) is 43.2 Å². The lowest BCUT2D eigenvalue weighted by atomic mass is 9.94. The predicted octanol–water partition coefficient (Wildman–Crippen LogP) is 1.55. The quantitative estimate of drug-likeness (QED) is 0.863. The number of rotatable bonds is 4. The first-order valence-corrected chi connectivity index (χ1v) is 6.08. The molecule has 96 valence electrons. The molecule has 2 heterocycles. The molecule has 1 fully saturated rings. The average Bonchev–Trinajstić information content (AvgIpc) is 2.72. The van der Waals surface area contributed by atoms with Gasteiger partial charge in [0, 0.05) is 19.0 Å². The van der Waals surface area contributed by atoms with Gasteiger partial charge in [0.2, 0.25) is 6.39 Å². The highest BCUT2D eigenvalue weighted by molar-refractivity contribution is 4.99. The predicted molar refractivity (Wildman–Crippen MR) is 63.7 cm³/mol. The van der Waals surface area contributed by atoms with Crippen LogP contribution in [0.25, 0.3) is 0 Å². The Kier molecular flexibility index (Phi) is 3.23. The van der Waals surface area contributed by atoms with Crippen LogP contribution in [0.2, 0.25) is 0 Å². The summed E-state index contributed by atoms with van der Waals surface area (Å²) in [4.78, 5) is 4.00. The van der Waals surface area contributed by atoms with E-state index < -0.39 is 0 Å². The summed E-state index contributed by atoms with van der Waals surface area (Å²) in [6.07, 6.45) is 3.16. The van der Waals surface area contributed by atoms with Crippen LogP contribution in [0.1, 0.15) is 39.9 Å². The third kappa shape index (κ3) is 3.04. The van der Waals surface area contributed by atoms with Gasteiger partial charge >= 0.3 is 0 Å². The molecule has 0 spiro atoms. The first kappa shape index (κ1) is 12.5. The van der Waals surface area contributed by atoms with Crippen molar-refractivity contribution in [2.45, 2.75) is 57.8 Å². The third-order valence-corrected chi connectivity index (χ3v) is 3.22. The monoisotopic (exact) mass is 239 g/mol. The third-order valence-electron chi connectivity index (χ3n) is 3.22. The van der Waals surface area contributed by atoms with Crippen molar-refractivity contribution < 1.29 is 9.26 Å². The molecule has 1 aromatic heterocycles. The van der Waals surface area contributed by atoms with Gasteiger partial charge in [0.05, 0.1) is 11.2 Å². The highest BCUT2D eigenvalue weighted by Crippen LogP contribution is 2.37. The van der Waals surface area contributed by atoms with Gasteiger partial charge in [0.1, 0.15) is 0 Å². The largest absolute Gasteiger partial charge is 0.368 e. The SMILES string of the molecule is CC1(C)CC(NCCc2ncon2)C(C)(C)O1. The minimum Gasteiger partial charge on any atom is -0.368 e. The minimum absolute atomic E-state index is 0.0483. The zero-order chi connectivity index (χ0) is 12.5. The van der Waals surface area contributed by atoms with Crippen LogP contribution in [0, 0.1) is 0 Å². The maximum atomic E-state index is 6.02. The van der Waals surface area contributed by atoms with Gasteiger partial charge in [-0.25, -0.2) is 0 Å². The molecule has 1 unspecified atom stereocenters. The van der Waals surface area contributed by atoms with Gasteiger partial charge in [0.15, 0.2) is 5.82 Å². The maximum absolute atomic E-state index is 6.02. The highest BCUT2D eigenvalue weighted by Gasteiger charge is 2.45. The molecule has 0 bridgehead atoms. The number of nitrogens with zero attached hydrogens (tertiary/aromatic N) is 2. The second-order valence-corrected chi connectivity index (χ2v) is 5.77. The van der Waals surface area contributed by atoms with Gasteiger partial charge in [-0.1, -0.05) is 5.16 Å². The zero-order valence-corrected chi connectivity index (χ0v) is 11.0. The average molecular weight is 239 g/mol. The van der Waals surface area contributed by atoms with Gasteiger partial charge in [0.25, 0.3) is 0 Å². The van der Waals surface area contributed by atoms with Crippen molar-refractivity contribution in [1.29, 1.82) is 0 Å². The molecule has 2 rings (SSSR count). The molecule has 0 aliphatic carbocycles. The molecule has 0 aromatic carbocycles. The van der Waals surface area contributed by atoms with Gasteiger partial charge in [-0.05, 0) is 34.1 Å². The molecular formula is C12H21N3O2. The van der Waals surface area contributed by atoms with Crippen LogP contribution < -0.4 is 5.32 Å². The van der Waals surface area contributed by atoms with Crippen LogP contribution >= 0.6 is 0 Å². The van der Waals surface area contributed by atoms with Crippen molar-refractivity contribution in [3.8, 4) is 0 Å². The Balaban J connectivity index is 1.83. The van der Waals surface area contributed by atoms with Crippen molar-refractivity contribution in [2.75, 3.05) is 6.54 Å². The normalized spacial score (nSPS) is 26.2. The summed E-state index contributed by atoms with van der Waals surface area (Å²) in [5.74, 6) is 0.744. The van der Waals surface area contributed by atoms with Crippen molar-refractivity contribution in [3.63, 3.8) is 0 Å². The van der Waals surface area contributed by atoms with Gasteiger partial charge in [-0.2, -0.15) is 4.98 Å². The molecule has 1 N–H and O–H groups in total. The van der Waals surface area contributed by atoms with Crippen molar-refractivity contribution >= 4 is 0 Å². The van der Waals surface area contributed by atoms with Crippen LogP contribution in [-0.4, -0.2) is 33.9 Å². The molecular weight excluding hydrogens is 218 g/mol. The number of hydrogen-bond acceptors (Lipinski definition) is 5. The first-order valence-electron chi connectivity index (χ1n) is 6.08. The Morgan fingerprint density at radius 2 is 2.18 bits per heavy atom. The van der Waals surface area contributed by atoms with E-state index in [1.165, 1.54) is 6.39 Å². The van der Waals surface area contributed by atoms with Crippen LogP contribution in [0.4, 0.5) is 0 Å². The standard InChI is InChI=1S/C12H21N3O2/c1-11(2)7-9(12(3,4)17-11)13-6-5-10-14-8-16-15-10/h8-9,13H,5-7H2,1-4H3. The summed E-state index contributed by atoms with van der Waals surface area (Å²) >= 11 is 0. The fraction of sp³-hybridized carbons (Fsp3) is 0.833. The number of hydrogen-bond donors (Lipinski definition) is 1. The molecule has 0 amide bonds. The molecule has 1 aliphatic heterocycles. The van der Waals surface area contributed by atoms with Crippen LogP contribution in [-0.2, 0) is 11.2 Å². The van der Waals surface area contributed by atoms with E-state index in [-0.39, 0.29) is 11.2 Å². The Bertz CT molecular complexity index is 360. The second-order valence-electron chi connectivity index (χ2n) is 5.77. The molecule has 0 radical (unpaired) electrons. The summed E-state index contributed by atoms with van der Waals surface area (Å²) in [7, 11) is 0. The van der Waals surface area contributed by atoms with E-state index in [1.54, 1.807) is 0 Å². The number of ether oxygens (including phenoxy) is 1. The Labute approximate surface area is 102 Å². The summed E-state index contributed by atoms with van der Waals surface area (Å²) in [6.45, 7) is 9.37. The second kappa shape index (κ2) is 4.38. The fourth-order valence-corrected chi connectivity index (χ4v) is 2.54. The Morgan fingerprint density at radius 3 is 2.71 bits per heavy atom. The van der Waals surface area contributed by atoms with Crippen LogP contribution in [0.15, 0.2) is 10.9 Å². The van der Waals surface area contributed by atoms with Gasteiger partial charge in [-0.15, -0.1) is 0 Å². The Hall–Kier alpha value is -0.940. The van der Waals surface area contributed by atoms with Crippen molar-refractivity contribution in [3.05, 3.63) is 12.2 Å². The van der Waals surface area contributed by atoms with Crippen LogP contribution in [0.5, 0.6) is 0 Å². The lowest BCUT2D eigenvalue weighted by Gasteiger charge is -2.27. The molecule has 1 saturated heterocycles. The highest BCUT2D eigenvalue weighted by atomic mass is 16.5. The van der Waals surface area contributed by atoms with Crippen molar-refractivity contribution in [1.82, 2.24) is 15.5 Å². The molecule has 1 aliphatic rings. The van der Waals surface area contributed by atoms with E-state index in [1.807, 2.05) is 0 Å². The molecule has 5 heteroatoms. The number of aromatic nitrogens is 2. The summed E-state index contributed by atoms with van der Waals surface area (Å²) in [6, 6.07) is 0.365. The summed E-state index contributed by atoms with van der Waals surface area (Å²) in [5.41, 5.74) is -0.173. The molecule has 0 saturated carbocycles. The fourth-order valence-electron chi connectivity index (χ4n) is 2.54. The topological polar surface area (TPSA) is 60.2 Å². The van der Waals surface area contributed by atoms with E-state index in [0.717, 1.165) is 25.2 Å². The van der Waals surface area contributed by atoms with E-state index in [4.69, 9.17) is 9.26 Å². The van der Waals surface area contributed by atoms with Gasteiger partial charge < -0.3 is 14.6 Å². The Morgan fingerprint density at radius 1 is 1.41 bits per heavy atom. The molecule has 1 aromatic rings. The smallest absolute Gasteiger partial charge is 0.213 e. The van der Waals surface area contributed by atoms with E-state index in [0.29, 0.717) is 6.04 Å². The maximum Gasteiger partial charge on any atom is 0.213 e. The molecule has 17 heavy (non-hydrogen) atoms. The first-order chi connectivity index (χ1) is 7.89. The van der Waals surface area contributed by atoms with Crippen molar-refractivity contribution in [2.24, 2.45) is 0 Å². The number of nitrogens with one attached hydrogen (secondary N) is 1. The summed E-state index contributed by atoms with van der Waals surface area (Å²) in [5, 5.41) is 7.31. The molecule has 1 atom stereocenters. The lowest BCUT2D eigenvalue weighted by molar-refractivity contribution is -0.0697. The minimum atomic E-state index is -0.124. The molecule has 5 nitrogen and oxygen atoms in total. The van der Waals surface area contributed by atoms with E-state index in [9.17, 15) is 0 Å². The summed E-state index contributed by atoms with van der Waals surface area (Å²) < 4.78 is 10.7. The van der Waals surface area contributed by atoms with Gasteiger partial charge in [-0.3, -0.25) is 0 Å². The zero-order valence-electron chi connectivity index (χ0n) is 11.0.